The van der Waals surface area contributed by atoms with Crippen molar-refractivity contribution in [3.05, 3.63) is 96.1 Å². The second-order valence-corrected chi connectivity index (χ2v) is 11.3. The first-order valence-corrected chi connectivity index (χ1v) is 14.5. The molecule has 12 heteroatoms. The van der Waals surface area contributed by atoms with Crippen molar-refractivity contribution in [3.8, 4) is 22.6 Å². The van der Waals surface area contributed by atoms with E-state index in [2.05, 4.69) is 11.5 Å². The molecule has 0 aliphatic carbocycles. The maximum Gasteiger partial charge on any atom is 0.180 e. The minimum absolute atomic E-state index is 0.178. The number of hydrogen-bond acceptors (Lipinski definition) is 8. The van der Waals surface area contributed by atoms with Crippen molar-refractivity contribution in [2.45, 2.75) is 23.6 Å². The van der Waals surface area contributed by atoms with Gasteiger partial charge in [0.15, 0.2) is 22.9 Å². The Morgan fingerprint density at radius 1 is 0.550 bits per heavy atom. The summed E-state index contributed by atoms with van der Waals surface area (Å²) in [7, 11) is -5.25. The Kier molecular flexibility index (Phi) is 11.4. The van der Waals surface area contributed by atoms with Crippen LogP contribution in [0.5, 0.6) is 11.5 Å². The van der Waals surface area contributed by atoms with Gasteiger partial charge in [0, 0.05) is 12.1 Å². The minimum Gasteiger partial charge on any atom is -0.744 e. The van der Waals surface area contributed by atoms with Crippen LogP contribution in [-0.4, -0.2) is 40.2 Å². The van der Waals surface area contributed by atoms with Gasteiger partial charge in [-0.25, -0.2) is 16.8 Å². The monoisotopic (exact) mass is 588 g/mol. The summed E-state index contributed by atoms with van der Waals surface area (Å²) in [5, 5.41) is 0. The van der Waals surface area contributed by atoms with Gasteiger partial charge in [-0.1, -0.05) is 35.4 Å². The summed E-state index contributed by atoms with van der Waals surface area (Å²) in [6.07, 6.45) is 0. The van der Waals surface area contributed by atoms with Gasteiger partial charge in [-0.2, -0.15) is 0 Å². The molecular formula is C28H32N2O8S2. The standard InChI is InChI=1S/C14H16N2O2.2C7H8O3S/c1-17-13-7-9(3-5-11(13)15)10-4-6-12(16)14(8-10)18-2;2*1-6-2-4-7(5-3-6)11(8,9)10/h3-8H,15-16H2,1-2H3;2*2-5H,1H3,(H,8,9,10). The molecule has 0 saturated carbocycles. The largest absolute Gasteiger partial charge is 0.744 e. The summed E-state index contributed by atoms with van der Waals surface area (Å²) in [4.78, 5) is -0.355. The summed E-state index contributed by atoms with van der Waals surface area (Å²) in [6, 6.07) is 23.4. The number of benzene rings is 4. The van der Waals surface area contributed by atoms with Crippen LogP contribution in [-0.2, 0) is 20.2 Å². The van der Waals surface area contributed by atoms with Gasteiger partial charge in [0.05, 0.1) is 24.0 Å². The van der Waals surface area contributed by atoms with Crippen LogP contribution in [0.3, 0.4) is 0 Å². The highest BCUT2D eigenvalue weighted by atomic mass is 32.2. The van der Waals surface area contributed by atoms with E-state index < -0.39 is 20.2 Å². The molecule has 4 aromatic rings. The van der Waals surface area contributed by atoms with E-state index in [1.807, 2.05) is 50.2 Å². The highest BCUT2D eigenvalue weighted by molar-refractivity contribution is 7.86. The maximum atomic E-state index is 10.4. The fraction of sp³-hybridized carbons (Fsp3) is 0.143. The summed E-state index contributed by atoms with van der Waals surface area (Å²) in [5.41, 5.74) is 13.6. The van der Waals surface area contributed by atoms with E-state index >= 15 is 0 Å². The Bertz CT molecular complexity index is 1510. The molecule has 0 aliphatic heterocycles. The average molecular weight is 589 g/mol. The van der Waals surface area contributed by atoms with E-state index in [0.717, 1.165) is 45.1 Å². The third-order valence-corrected chi connectivity index (χ3v) is 7.23. The van der Waals surface area contributed by atoms with Crippen LogP contribution in [0.2, 0.25) is 0 Å². The lowest BCUT2D eigenvalue weighted by molar-refractivity contribution is -0.257. The lowest BCUT2D eigenvalue weighted by Gasteiger charge is -2.08. The highest BCUT2D eigenvalue weighted by Gasteiger charge is 2.09. The van der Waals surface area contributed by atoms with Gasteiger partial charge in [0.25, 0.3) is 0 Å². The minimum atomic E-state index is -4.27. The quantitative estimate of drug-likeness (QED) is 0.333. The summed E-state index contributed by atoms with van der Waals surface area (Å²) in [5.74, 6) is 1.57. The maximum absolute atomic E-state index is 10.4. The van der Waals surface area contributed by atoms with Crippen LogP contribution >= 0.6 is 0 Å². The summed E-state index contributed by atoms with van der Waals surface area (Å²) >= 11 is 0. The van der Waals surface area contributed by atoms with Crippen molar-refractivity contribution in [1.29, 1.82) is 0 Å². The molecule has 0 aromatic heterocycles. The second-order valence-electron chi connectivity index (χ2n) is 8.59. The fourth-order valence-corrected chi connectivity index (χ4v) is 4.20. The molecule has 0 radical (unpaired) electrons. The third kappa shape index (κ3) is 9.75. The van der Waals surface area contributed by atoms with E-state index in [9.17, 15) is 25.9 Å². The zero-order chi connectivity index (χ0) is 30.1. The summed E-state index contributed by atoms with van der Waals surface area (Å²) < 4.78 is 72.9. The lowest BCUT2D eigenvalue weighted by Crippen LogP contribution is -2.40. The van der Waals surface area contributed by atoms with Crippen LogP contribution in [0.25, 0.3) is 11.1 Å². The van der Waals surface area contributed by atoms with Gasteiger partial charge < -0.3 is 30.0 Å². The number of quaternary nitrogens is 2. The van der Waals surface area contributed by atoms with Crippen LogP contribution < -0.4 is 20.9 Å². The van der Waals surface area contributed by atoms with Crippen LogP contribution in [0.15, 0.2) is 94.7 Å². The zero-order valence-corrected chi connectivity index (χ0v) is 24.2. The second kappa shape index (κ2) is 14.0. The van der Waals surface area contributed by atoms with E-state index in [4.69, 9.17) is 9.47 Å². The lowest BCUT2D eigenvalue weighted by atomic mass is 10.0. The Labute approximate surface area is 234 Å². The van der Waals surface area contributed by atoms with E-state index in [0.29, 0.717) is 0 Å². The number of methoxy groups -OCH3 is 2. The third-order valence-electron chi connectivity index (χ3n) is 5.53. The molecular weight excluding hydrogens is 556 g/mol. The SMILES string of the molecule is COc1cc(-c2ccc([NH3+])c(OC)c2)ccc1[NH3+].Cc1ccc(S(=O)(=O)[O-])cc1.Cc1ccc(S(=O)(=O)[O-])cc1. The van der Waals surface area contributed by atoms with Crippen molar-refractivity contribution in [1.82, 2.24) is 0 Å². The van der Waals surface area contributed by atoms with Gasteiger partial charge in [-0.05, 0) is 73.5 Å². The molecule has 4 aromatic carbocycles. The average Bonchev–Trinajstić information content (AvgIpc) is 2.89. The molecule has 0 amide bonds. The normalized spacial score (nSPS) is 10.9. The molecule has 0 bridgehead atoms. The molecule has 6 N–H and O–H groups in total. The first kappa shape index (κ1) is 32.4. The summed E-state index contributed by atoms with van der Waals surface area (Å²) in [6.45, 7) is 3.64. The van der Waals surface area contributed by atoms with Crippen molar-refractivity contribution in [2.24, 2.45) is 0 Å². The molecule has 0 spiro atoms. The number of aryl methyl sites for hydroxylation is 2. The molecule has 0 aliphatic rings. The molecule has 0 atom stereocenters. The molecule has 214 valence electrons. The highest BCUT2D eigenvalue weighted by Crippen LogP contribution is 2.31. The van der Waals surface area contributed by atoms with Crippen molar-refractivity contribution < 1.29 is 46.9 Å². The van der Waals surface area contributed by atoms with Gasteiger partial charge >= 0.3 is 0 Å². The van der Waals surface area contributed by atoms with Gasteiger partial charge in [-0.15, -0.1) is 0 Å². The van der Waals surface area contributed by atoms with Crippen molar-refractivity contribution >= 4 is 31.6 Å². The number of rotatable bonds is 5. The van der Waals surface area contributed by atoms with E-state index in [-0.39, 0.29) is 9.79 Å². The van der Waals surface area contributed by atoms with Gasteiger partial charge in [-0.3, -0.25) is 0 Å². The predicted molar refractivity (Wildman–Crippen MR) is 148 cm³/mol. The molecule has 40 heavy (non-hydrogen) atoms. The zero-order valence-electron chi connectivity index (χ0n) is 22.6. The van der Waals surface area contributed by atoms with Crippen LogP contribution in [0.1, 0.15) is 11.1 Å². The topological polar surface area (TPSA) is 188 Å². The number of ether oxygens (including phenoxy) is 2. The molecule has 0 saturated heterocycles. The van der Waals surface area contributed by atoms with Gasteiger partial charge in [0.1, 0.15) is 20.2 Å². The Balaban J connectivity index is 0.000000222. The molecule has 0 unspecified atom stereocenters. The Hall–Kier alpha value is -3.78. The fourth-order valence-electron chi connectivity index (χ4n) is 3.26. The molecule has 0 fully saturated rings. The van der Waals surface area contributed by atoms with Gasteiger partial charge in [0.2, 0.25) is 0 Å². The van der Waals surface area contributed by atoms with Crippen molar-refractivity contribution in [2.75, 3.05) is 14.2 Å². The molecule has 4 rings (SSSR count). The van der Waals surface area contributed by atoms with Crippen molar-refractivity contribution in [3.63, 3.8) is 0 Å². The van der Waals surface area contributed by atoms with Crippen LogP contribution in [0.4, 0.5) is 11.4 Å². The predicted octanol–water partition coefficient (Wildman–Crippen LogP) is 2.92. The Morgan fingerprint density at radius 2 is 0.850 bits per heavy atom. The van der Waals surface area contributed by atoms with Crippen LogP contribution in [0, 0.1) is 13.8 Å². The van der Waals surface area contributed by atoms with E-state index in [1.54, 1.807) is 38.5 Å². The first-order valence-electron chi connectivity index (χ1n) is 11.7. The number of hydrogen-bond donors (Lipinski definition) is 2. The van der Waals surface area contributed by atoms with E-state index in [1.165, 1.54) is 24.3 Å². The smallest absolute Gasteiger partial charge is 0.180 e. The molecule has 0 heterocycles. The Morgan fingerprint density at radius 3 is 1.10 bits per heavy atom. The molecule has 10 nitrogen and oxygen atoms in total. The first-order chi connectivity index (χ1) is 18.6.